The van der Waals surface area contributed by atoms with Crippen LogP contribution in [0, 0.1) is 0 Å². The van der Waals surface area contributed by atoms with Crippen molar-refractivity contribution >= 4 is 51.7 Å². The van der Waals surface area contributed by atoms with Gasteiger partial charge in [0, 0.05) is 12.7 Å². The molecule has 1 aliphatic rings. The number of amides is 1. The Morgan fingerprint density at radius 1 is 1.14 bits per heavy atom. The van der Waals surface area contributed by atoms with E-state index >= 15 is 0 Å². The average molecular weight is 423 g/mol. The molecular formula is C21H18N4O2S2. The molecule has 0 saturated carbocycles. The molecule has 3 aromatic rings. The first kappa shape index (κ1) is 19.4. The van der Waals surface area contributed by atoms with Crippen LogP contribution < -0.4 is 10.9 Å². The summed E-state index contributed by atoms with van der Waals surface area (Å²) >= 11 is 6.62. The third kappa shape index (κ3) is 3.81. The van der Waals surface area contributed by atoms with Gasteiger partial charge in [0.15, 0.2) is 0 Å². The van der Waals surface area contributed by atoms with Gasteiger partial charge in [-0.3, -0.25) is 18.9 Å². The normalized spacial score (nSPS) is 15.5. The van der Waals surface area contributed by atoms with E-state index in [1.807, 2.05) is 43.3 Å². The van der Waals surface area contributed by atoms with Gasteiger partial charge in [-0.25, -0.2) is 4.98 Å². The van der Waals surface area contributed by atoms with E-state index in [2.05, 4.69) is 10.3 Å². The molecule has 29 heavy (non-hydrogen) atoms. The Morgan fingerprint density at radius 3 is 2.66 bits per heavy atom. The molecule has 6 nitrogen and oxygen atoms in total. The summed E-state index contributed by atoms with van der Waals surface area (Å²) in [5.41, 5.74) is 1.64. The van der Waals surface area contributed by atoms with Crippen LogP contribution in [0.4, 0.5) is 5.82 Å². The van der Waals surface area contributed by atoms with Crippen molar-refractivity contribution in [3.63, 3.8) is 0 Å². The lowest BCUT2D eigenvalue weighted by molar-refractivity contribution is -0.122. The van der Waals surface area contributed by atoms with Crippen molar-refractivity contribution in [2.24, 2.45) is 0 Å². The van der Waals surface area contributed by atoms with Crippen molar-refractivity contribution in [1.29, 1.82) is 0 Å². The molecule has 1 amide bonds. The van der Waals surface area contributed by atoms with Gasteiger partial charge < -0.3 is 5.32 Å². The van der Waals surface area contributed by atoms with E-state index in [-0.39, 0.29) is 11.5 Å². The molecule has 4 rings (SSSR count). The highest BCUT2D eigenvalue weighted by atomic mass is 32.2. The minimum Gasteiger partial charge on any atom is -0.370 e. The van der Waals surface area contributed by atoms with Gasteiger partial charge in [-0.15, -0.1) is 0 Å². The number of anilines is 1. The third-order valence-corrected chi connectivity index (χ3v) is 5.82. The first-order valence-corrected chi connectivity index (χ1v) is 10.4. The Morgan fingerprint density at radius 2 is 1.90 bits per heavy atom. The molecule has 1 aromatic carbocycles. The maximum absolute atomic E-state index is 13.0. The average Bonchev–Trinajstić information content (AvgIpc) is 2.99. The summed E-state index contributed by atoms with van der Waals surface area (Å²) in [5.74, 6) is 0.251. The monoisotopic (exact) mass is 422 g/mol. The number of nitrogens with zero attached hydrogens (tertiary/aromatic N) is 3. The van der Waals surface area contributed by atoms with Crippen LogP contribution in [0.15, 0.2) is 64.4 Å². The summed E-state index contributed by atoms with van der Waals surface area (Å²) in [7, 11) is 0. The number of carbonyl (C=O) groups excluding carboxylic acids is 1. The van der Waals surface area contributed by atoms with Crippen LogP contribution in [0.1, 0.15) is 18.1 Å². The Kier molecular flexibility index (Phi) is 5.46. The van der Waals surface area contributed by atoms with Gasteiger partial charge >= 0.3 is 0 Å². The van der Waals surface area contributed by atoms with E-state index in [0.717, 1.165) is 5.56 Å². The second-order valence-electron chi connectivity index (χ2n) is 6.39. The second-order valence-corrected chi connectivity index (χ2v) is 8.07. The maximum atomic E-state index is 13.0. The Balaban J connectivity index is 1.74. The molecule has 0 spiro atoms. The van der Waals surface area contributed by atoms with E-state index in [9.17, 15) is 9.59 Å². The van der Waals surface area contributed by atoms with Crippen molar-refractivity contribution in [3.05, 3.63) is 81.1 Å². The van der Waals surface area contributed by atoms with Gasteiger partial charge in [0.25, 0.3) is 11.5 Å². The maximum Gasteiger partial charge on any atom is 0.267 e. The van der Waals surface area contributed by atoms with Crippen LogP contribution in [0.25, 0.3) is 11.7 Å². The largest absolute Gasteiger partial charge is 0.370 e. The fraction of sp³-hybridized carbons (Fsp3) is 0.143. The van der Waals surface area contributed by atoms with E-state index in [1.165, 1.54) is 16.2 Å². The molecule has 8 heteroatoms. The van der Waals surface area contributed by atoms with Crippen molar-refractivity contribution in [3.8, 4) is 0 Å². The number of pyridine rings is 1. The van der Waals surface area contributed by atoms with Crippen LogP contribution >= 0.6 is 24.0 Å². The van der Waals surface area contributed by atoms with Crippen LogP contribution in [0.2, 0.25) is 0 Å². The van der Waals surface area contributed by atoms with Crippen molar-refractivity contribution in [1.82, 2.24) is 14.3 Å². The van der Waals surface area contributed by atoms with Crippen molar-refractivity contribution in [2.45, 2.75) is 13.5 Å². The Labute approximate surface area is 177 Å². The number of hydrogen-bond acceptors (Lipinski definition) is 6. The molecule has 1 fully saturated rings. The number of nitrogens with one attached hydrogen (secondary N) is 1. The summed E-state index contributed by atoms with van der Waals surface area (Å²) in [5, 5.41) is 3.12. The number of fused-ring (bicyclic) bond motifs is 1. The summed E-state index contributed by atoms with van der Waals surface area (Å²) in [6.07, 6.45) is 3.26. The zero-order chi connectivity index (χ0) is 20.4. The summed E-state index contributed by atoms with van der Waals surface area (Å²) in [4.78, 5) is 32.5. The molecule has 146 valence electrons. The quantitative estimate of drug-likeness (QED) is 0.501. The minimum atomic E-state index is -0.236. The van der Waals surface area contributed by atoms with Gasteiger partial charge in [-0.2, -0.15) is 0 Å². The van der Waals surface area contributed by atoms with Crippen LogP contribution in [-0.2, 0) is 11.3 Å². The van der Waals surface area contributed by atoms with Crippen molar-refractivity contribution < 1.29 is 4.79 Å². The lowest BCUT2D eigenvalue weighted by Crippen LogP contribution is -2.27. The number of hydrogen-bond donors (Lipinski definition) is 1. The molecule has 1 N–H and O–H groups in total. The number of carbonyl (C=O) groups is 1. The first-order chi connectivity index (χ1) is 14.1. The third-order valence-electron chi connectivity index (χ3n) is 4.45. The zero-order valence-electron chi connectivity index (χ0n) is 15.7. The standard InChI is InChI=1S/C21H18N4O2S2/c1-2-22-18-15(19(26)24-11-7-6-10-17(24)23-18)12-16-20(27)25(21(28)29-16)13-14-8-4-3-5-9-14/h3-12,22H,2,13H2,1H3/b16-12-. The van der Waals surface area contributed by atoms with E-state index in [0.29, 0.717) is 39.3 Å². The van der Waals surface area contributed by atoms with Crippen LogP contribution in [0.5, 0.6) is 0 Å². The summed E-state index contributed by atoms with van der Waals surface area (Å²) < 4.78 is 1.95. The Hall–Kier alpha value is -2.97. The smallest absolute Gasteiger partial charge is 0.267 e. The Bertz CT molecular complexity index is 1190. The second kappa shape index (κ2) is 8.18. The van der Waals surface area contributed by atoms with E-state index in [4.69, 9.17) is 12.2 Å². The number of rotatable bonds is 5. The molecule has 0 bridgehead atoms. The van der Waals surface area contributed by atoms with E-state index in [1.54, 1.807) is 29.3 Å². The molecule has 0 atom stereocenters. The summed E-state index contributed by atoms with van der Waals surface area (Å²) in [6.45, 7) is 2.93. The molecule has 0 radical (unpaired) electrons. The lowest BCUT2D eigenvalue weighted by Gasteiger charge is -2.14. The highest BCUT2D eigenvalue weighted by molar-refractivity contribution is 8.26. The van der Waals surface area contributed by atoms with Gasteiger partial charge in [0.1, 0.15) is 15.8 Å². The topological polar surface area (TPSA) is 66.7 Å². The molecule has 0 unspecified atom stereocenters. The molecular weight excluding hydrogens is 404 g/mol. The van der Waals surface area contributed by atoms with Crippen LogP contribution in [0.3, 0.4) is 0 Å². The zero-order valence-corrected chi connectivity index (χ0v) is 17.3. The number of benzene rings is 1. The van der Waals surface area contributed by atoms with Crippen molar-refractivity contribution in [2.75, 3.05) is 11.9 Å². The highest BCUT2D eigenvalue weighted by Crippen LogP contribution is 2.34. The van der Waals surface area contributed by atoms with Gasteiger partial charge in [0.2, 0.25) is 0 Å². The van der Waals surface area contributed by atoms with Crippen LogP contribution in [-0.4, -0.2) is 31.1 Å². The molecule has 2 aromatic heterocycles. The van der Waals surface area contributed by atoms with Gasteiger partial charge in [-0.05, 0) is 30.7 Å². The van der Waals surface area contributed by atoms with E-state index < -0.39 is 0 Å². The number of thiocarbonyl (C=S) groups is 1. The molecule has 1 saturated heterocycles. The highest BCUT2D eigenvalue weighted by Gasteiger charge is 2.32. The predicted molar refractivity (Wildman–Crippen MR) is 121 cm³/mol. The molecule has 1 aliphatic heterocycles. The SMILES string of the molecule is CCNc1nc2ccccn2c(=O)c1/C=C1\SC(=S)N(Cc2ccccc2)C1=O. The fourth-order valence-corrected chi connectivity index (χ4v) is 4.31. The summed E-state index contributed by atoms with van der Waals surface area (Å²) in [6, 6.07) is 15.0. The first-order valence-electron chi connectivity index (χ1n) is 9.13. The molecule has 0 aliphatic carbocycles. The lowest BCUT2D eigenvalue weighted by atomic mass is 10.2. The number of aromatic nitrogens is 2. The number of thioether (sulfide) groups is 1. The van der Waals surface area contributed by atoms with Gasteiger partial charge in [-0.1, -0.05) is 60.4 Å². The minimum absolute atomic E-state index is 0.205. The molecule has 3 heterocycles. The predicted octanol–water partition coefficient (Wildman–Crippen LogP) is 3.53. The fourth-order valence-electron chi connectivity index (χ4n) is 3.07. The van der Waals surface area contributed by atoms with Gasteiger partial charge in [0.05, 0.1) is 17.0 Å².